The molecule has 3 heterocycles. The first kappa shape index (κ1) is 25.1. The molecule has 1 amide bonds. The van der Waals surface area contributed by atoms with Crippen LogP contribution in [0.4, 0.5) is 5.69 Å². The van der Waals surface area contributed by atoms with E-state index in [0.717, 1.165) is 48.1 Å². The lowest BCUT2D eigenvalue weighted by Gasteiger charge is -2.34. The number of fused-ring (bicyclic) bond motifs is 1. The molecule has 0 aliphatic carbocycles. The maximum absolute atomic E-state index is 13.8. The number of aryl methyl sites for hydroxylation is 1. The predicted molar refractivity (Wildman–Crippen MR) is 155 cm³/mol. The van der Waals surface area contributed by atoms with Gasteiger partial charge >= 0.3 is 0 Å². The topological polar surface area (TPSA) is 45.6 Å². The third-order valence-electron chi connectivity index (χ3n) is 7.03. The van der Waals surface area contributed by atoms with E-state index in [9.17, 15) is 9.59 Å². The Balaban J connectivity index is 1.62. The van der Waals surface area contributed by atoms with Crippen LogP contribution in [0.15, 0.2) is 58.2 Å². The smallest absolute Gasteiger partial charge is 0.266 e. The Morgan fingerprint density at radius 3 is 2.50 bits per heavy atom. The van der Waals surface area contributed by atoms with Gasteiger partial charge in [0.1, 0.15) is 4.32 Å². The summed E-state index contributed by atoms with van der Waals surface area (Å²) in [7, 11) is 0. The highest BCUT2D eigenvalue weighted by Gasteiger charge is 2.33. The van der Waals surface area contributed by atoms with E-state index >= 15 is 0 Å². The average Bonchev–Trinajstić information content (AvgIpc) is 3.14. The zero-order chi connectivity index (χ0) is 25.4. The number of carbonyl (C=O) groups excluding carboxylic acids is 1. The monoisotopic (exact) mass is 537 g/mol. The summed E-state index contributed by atoms with van der Waals surface area (Å²) in [5.74, 6) is 0.465. The molecule has 3 aromatic rings. The highest BCUT2D eigenvalue weighted by Crippen LogP contribution is 2.38. The molecular formula is C28H28ClN3O2S2. The van der Waals surface area contributed by atoms with E-state index < -0.39 is 0 Å². The molecule has 0 unspecified atom stereocenters. The Labute approximate surface area is 225 Å². The number of piperidine rings is 1. The maximum Gasteiger partial charge on any atom is 0.266 e. The maximum atomic E-state index is 13.8. The summed E-state index contributed by atoms with van der Waals surface area (Å²) in [6, 6.07) is 15.5. The number of para-hydroxylation sites is 1. The van der Waals surface area contributed by atoms with Gasteiger partial charge in [0, 0.05) is 30.0 Å². The van der Waals surface area contributed by atoms with Crippen LogP contribution in [0.25, 0.3) is 17.0 Å². The molecule has 5 nitrogen and oxygen atoms in total. The van der Waals surface area contributed by atoms with Crippen molar-refractivity contribution in [3.8, 4) is 0 Å². The average molecular weight is 538 g/mol. The summed E-state index contributed by atoms with van der Waals surface area (Å²) in [4.78, 5) is 31.7. The zero-order valence-electron chi connectivity index (χ0n) is 20.4. The molecular weight excluding hydrogens is 510 g/mol. The van der Waals surface area contributed by atoms with Crippen LogP contribution in [0.3, 0.4) is 0 Å². The van der Waals surface area contributed by atoms with Crippen molar-refractivity contribution in [2.45, 2.75) is 39.8 Å². The minimum atomic E-state index is -0.196. The van der Waals surface area contributed by atoms with Crippen LogP contribution >= 0.6 is 35.6 Å². The Morgan fingerprint density at radius 2 is 1.78 bits per heavy atom. The SMILES string of the molecule is CCn1c(=O)c(C=C2SC(=S)N(Cc3ccccc3Cl)C2=O)c(N2CCC(C)CC2)c2ccccc21. The van der Waals surface area contributed by atoms with Gasteiger partial charge in [0.25, 0.3) is 11.5 Å². The van der Waals surface area contributed by atoms with E-state index in [2.05, 4.69) is 17.9 Å². The molecule has 186 valence electrons. The first-order valence-electron chi connectivity index (χ1n) is 12.3. The van der Waals surface area contributed by atoms with Crippen LogP contribution < -0.4 is 10.5 Å². The van der Waals surface area contributed by atoms with Gasteiger partial charge in [0.05, 0.1) is 28.2 Å². The third kappa shape index (κ3) is 4.60. The number of rotatable bonds is 5. The normalized spacial score (nSPS) is 18.1. The van der Waals surface area contributed by atoms with Gasteiger partial charge < -0.3 is 9.47 Å². The Kier molecular flexibility index (Phi) is 7.24. The molecule has 2 aliphatic rings. The first-order chi connectivity index (χ1) is 17.4. The number of aromatic nitrogens is 1. The van der Waals surface area contributed by atoms with Gasteiger partial charge in [-0.1, -0.05) is 78.9 Å². The van der Waals surface area contributed by atoms with Gasteiger partial charge in [-0.05, 0) is 49.5 Å². The van der Waals surface area contributed by atoms with Gasteiger partial charge in [-0.2, -0.15) is 0 Å². The van der Waals surface area contributed by atoms with Crippen molar-refractivity contribution in [1.82, 2.24) is 9.47 Å². The summed E-state index contributed by atoms with van der Waals surface area (Å²) in [6.07, 6.45) is 3.91. The molecule has 2 saturated heterocycles. The summed E-state index contributed by atoms with van der Waals surface area (Å²) in [6.45, 7) is 6.86. The van der Waals surface area contributed by atoms with Crippen LogP contribution in [0.2, 0.25) is 5.02 Å². The van der Waals surface area contributed by atoms with Crippen molar-refractivity contribution in [1.29, 1.82) is 0 Å². The summed E-state index contributed by atoms with van der Waals surface area (Å²) < 4.78 is 2.26. The first-order valence-corrected chi connectivity index (χ1v) is 13.9. The van der Waals surface area contributed by atoms with Crippen LogP contribution in [0.1, 0.15) is 37.8 Å². The van der Waals surface area contributed by atoms with Gasteiger partial charge in [-0.25, -0.2) is 0 Å². The fourth-order valence-corrected chi connectivity index (χ4v) is 6.42. The number of carbonyl (C=O) groups is 1. The quantitative estimate of drug-likeness (QED) is 0.282. The van der Waals surface area contributed by atoms with E-state index in [4.69, 9.17) is 23.8 Å². The number of amides is 1. The van der Waals surface area contributed by atoms with Gasteiger partial charge in [0.2, 0.25) is 0 Å². The number of hydrogen-bond donors (Lipinski definition) is 0. The highest BCUT2D eigenvalue weighted by atomic mass is 35.5. The third-order valence-corrected chi connectivity index (χ3v) is 8.78. The van der Waals surface area contributed by atoms with Crippen LogP contribution in [-0.4, -0.2) is 32.8 Å². The summed E-state index contributed by atoms with van der Waals surface area (Å²) in [5.41, 5.74) is 3.15. The fraction of sp³-hybridized carbons (Fsp3) is 0.321. The number of pyridine rings is 1. The molecule has 2 aliphatic heterocycles. The number of thiocarbonyl (C=S) groups is 1. The van der Waals surface area contributed by atoms with Crippen molar-refractivity contribution >= 4 is 68.5 Å². The molecule has 2 aromatic carbocycles. The number of hydrogen-bond acceptors (Lipinski definition) is 5. The number of anilines is 1. The van der Waals surface area contributed by atoms with E-state index in [-0.39, 0.29) is 11.5 Å². The van der Waals surface area contributed by atoms with Gasteiger partial charge in [-0.15, -0.1) is 0 Å². The molecule has 0 radical (unpaired) electrons. The predicted octanol–water partition coefficient (Wildman–Crippen LogP) is 6.31. The molecule has 0 saturated carbocycles. The lowest BCUT2D eigenvalue weighted by atomic mass is 9.97. The van der Waals surface area contributed by atoms with E-state index in [1.165, 1.54) is 11.8 Å². The van der Waals surface area contributed by atoms with Crippen LogP contribution in [0.5, 0.6) is 0 Å². The lowest BCUT2D eigenvalue weighted by molar-refractivity contribution is -0.122. The van der Waals surface area contributed by atoms with E-state index in [1.807, 2.05) is 43.3 Å². The standard InChI is InChI=1S/C28H28ClN3O2S2/c1-3-31-23-11-7-5-9-20(23)25(30-14-12-18(2)13-15-30)21(26(31)33)16-24-27(34)32(28(35)36-24)17-19-8-4-6-10-22(19)29/h4-11,16,18H,3,12-15,17H2,1-2H3. The Morgan fingerprint density at radius 1 is 1.08 bits per heavy atom. The van der Waals surface area contributed by atoms with Crippen molar-refractivity contribution in [2.75, 3.05) is 18.0 Å². The number of thioether (sulfide) groups is 1. The Hall–Kier alpha value is -2.61. The van der Waals surface area contributed by atoms with Crippen molar-refractivity contribution in [2.24, 2.45) is 5.92 Å². The van der Waals surface area contributed by atoms with Crippen LogP contribution in [-0.2, 0) is 17.9 Å². The van der Waals surface area contributed by atoms with Crippen LogP contribution in [0, 0.1) is 5.92 Å². The van der Waals surface area contributed by atoms with E-state index in [0.29, 0.717) is 38.8 Å². The Bertz CT molecular complexity index is 1440. The molecule has 8 heteroatoms. The zero-order valence-corrected chi connectivity index (χ0v) is 22.8. The van der Waals surface area contributed by atoms with Crippen molar-refractivity contribution in [3.63, 3.8) is 0 Å². The molecule has 0 N–H and O–H groups in total. The number of nitrogens with zero attached hydrogens (tertiary/aromatic N) is 3. The molecule has 5 rings (SSSR count). The van der Waals surface area contributed by atoms with Crippen molar-refractivity contribution in [3.05, 3.63) is 79.9 Å². The molecule has 36 heavy (non-hydrogen) atoms. The highest BCUT2D eigenvalue weighted by molar-refractivity contribution is 8.26. The minimum absolute atomic E-state index is 0.0822. The molecule has 0 atom stereocenters. The van der Waals surface area contributed by atoms with Gasteiger partial charge in [0.15, 0.2) is 0 Å². The number of halogens is 1. The molecule has 0 spiro atoms. The molecule has 1 aromatic heterocycles. The molecule has 2 fully saturated rings. The molecule has 0 bridgehead atoms. The second-order valence-corrected chi connectivity index (χ2v) is 11.4. The van der Waals surface area contributed by atoms with Crippen molar-refractivity contribution < 1.29 is 4.79 Å². The van der Waals surface area contributed by atoms with E-state index in [1.54, 1.807) is 21.6 Å². The fourth-order valence-electron chi connectivity index (χ4n) is 4.99. The van der Waals surface area contributed by atoms with Gasteiger partial charge in [-0.3, -0.25) is 14.5 Å². The number of benzene rings is 2. The largest absolute Gasteiger partial charge is 0.370 e. The lowest BCUT2D eigenvalue weighted by Crippen LogP contribution is -2.36. The summed E-state index contributed by atoms with van der Waals surface area (Å²) >= 11 is 13.2. The summed E-state index contributed by atoms with van der Waals surface area (Å²) in [5, 5.41) is 1.63. The minimum Gasteiger partial charge on any atom is -0.370 e. The second kappa shape index (κ2) is 10.4. The second-order valence-electron chi connectivity index (χ2n) is 9.36.